The maximum absolute atomic E-state index is 14.1. The first-order chi connectivity index (χ1) is 14.3. The average Bonchev–Trinajstić information content (AvgIpc) is 3.32. The molecule has 0 amide bonds. The molecule has 2 aliphatic heterocycles. The van der Waals surface area contributed by atoms with Gasteiger partial charge in [-0.3, -0.25) is 0 Å². The van der Waals surface area contributed by atoms with Crippen LogP contribution in [-0.4, -0.2) is 34.3 Å². The summed E-state index contributed by atoms with van der Waals surface area (Å²) in [5.41, 5.74) is -1.57. The third-order valence-electron chi connectivity index (χ3n) is 5.15. The molecular weight excluding hydrogens is 439 g/mol. The number of aromatic nitrogens is 1. The number of halogens is 4. The second-order valence-electron chi connectivity index (χ2n) is 6.90. The molecular formula is C20H13ClF3N3O2S. The molecule has 2 aromatic carbocycles. The van der Waals surface area contributed by atoms with Gasteiger partial charge in [-0.1, -0.05) is 35.9 Å². The van der Waals surface area contributed by atoms with E-state index in [9.17, 15) is 18.3 Å². The Kier molecular flexibility index (Phi) is 4.32. The Morgan fingerprint density at radius 1 is 1.17 bits per heavy atom. The average molecular weight is 452 g/mol. The topological polar surface area (TPSA) is 58.0 Å². The number of ether oxygens (including phenoxy) is 1. The maximum Gasteiger partial charge on any atom is 0.439 e. The predicted molar refractivity (Wildman–Crippen MR) is 108 cm³/mol. The van der Waals surface area contributed by atoms with Crippen molar-refractivity contribution in [2.75, 3.05) is 11.6 Å². The monoisotopic (exact) mass is 451 g/mol. The van der Waals surface area contributed by atoms with Crippen LogP contribution in [0.15, 0.2) is 59.0 Å². The van der Waals surface area contributed by atoms with Crippen molar-refractivity contribution in [3.05, 3.63) is 64.5 Å². The number of hydrogen-bond acceptors (Lipinski definition) is 6. The van der Waals surface area contributed by atoms with Crippen molar-refractivity contribution in [1.82, 2.24) is 4.98 Å². The molecule has 3 aromatic rings. The minimum absolute atomic E-state index is 0.0702. The van der Waals surface area contributed by atoms with Crippen molar-refractivity contribution in [3.8, 4) is 17.0 Å². The number of fused-ring (bicyclic) bond motifs is 3. The minimum atomic E-state index is -5.00. The van der Waals surface area contributed by atoms with Crippen molar-refractivity contribution in [1.29, 1.82) is 0 Å². The molecule has 10 heteroatoms. The molecule has 1 N–H and O–H groups in total. The lowest BCUT2D eigenvalue weighted by Gasteiger charge is -2.38. The van der Waals surface area contributed by atoms with Crippen molar-refractivity contribution in [2.45, 2.75) is 11.9 Å². The molecule has 2 aliphatic rings. The number of aliphatic hydroxyl groups is 1. The zero-order valence-electron chi connectivity index (χ0n) is 15.1. The standard InChI is InChI=1S/C20H13ClF3N3O2S/c21-12-7-5-11(6-8-12)15-10-30-18(25-15)27-19(28,20(22,23)24)14-9-29-16-4-2-1-3-13(16)17(14)26-27/h1-8,10,14,28H,9H2/t14-,19-/m0/s1. The summed E-state index contributed by atoms with van der Waals surface area (Å²) in [6.45, 7) is -0.349. The van der Waals surface area contributed by atoms with Crippen molar-refractivity contribution < 1.29 is 23.0 Å². The lowest BCUT2D eigenvalue weighted by Crippen LogP contribution is -2.61. The summed E-state index contributed by atoms with van der Waals surface area (Å²) in [7, 11) is 0. The fourth-order valence-corrected chi connectivity index (χ4v) is 4.59. The Bertz CT molecular complexity index is 1150. The molecule has 2 atom stereocenters. The van der Waals surface area contributed by atoms with Crippen LogP contribution in [0, 0.1) is 5.92 Å². The summed E-state index contributed by atoms with van der Waals surface area (Å²) in [6.07, 6.45) is -5.00. The SMILES string of the molecule is O[C@]1(C(F)(F)F)[C@H]2COc3ccccc3C2=NN1c1nc(-c2ccc(Cl)cc2)cs1. The van der Waals surface area contributed by atoms with E-state index in [0.717, 1.165) is 11.3 Å². The van der Waals surface area contributed by atoms with Crippen LogP contribution < -0.4 is 9.75 Å². The quantitative estimate of drug-likeness (QED) is 0.599. The van der Waals surface area contributed by atoms with Crippen LogP contribution in [-0.2, 0) is 0 Å². The molecule has 0 saturated carbocycles. The highest BCUT2D eigenvalue weighted by Gasteiger charge is 2.69. The lowest BCUT2D eigenvalue weighted by molar-refractivity contribution is -0.270. The Hall–Kier alpha value is -2.62. The van der Waals surface area contributed by atoms with Gasteiger partial charge in [-0.05, 0) is 24.3 Å². The minimum Gasteiger partial charge on any atom is -0.492 e. The van der Waals surface area contributed by atoms with E-state index in [1.165, 1.54) is 0 Å². The Balaban J connectivity index is 1.61. The van der Waals surface area contributed by atoms with Crippen molar-refractivity contribution in [3.63, 3.8) is 0 Å². The van der Waals surface area contributed by atoms with Gasteiger partial charge in [-0.25, -0.2) is 4.98 Å². The zero-order valence-corrected chi connectivity index (χ0v) is 16.7. The molecule has 5 nitrogen and oxygen atoms in total. The molecule has 0 bridgehead atoms. The van der Waals surface area contributed by atoms with Crippen LogP contribution in [0.1, 0.15) is 5.56 Å². The second-order valence-corrected chi connectivity index (χ2v) is 8.18. The van der Waals surface area contributed by atoms with Gasteiger partial charge in [0.25, 0.3) is 5.72 Å². The molecule has 30 heavy (non-hydrogen) atoms. The Morgan fingerprint density at radius 2 is 1.90 bits per heavy atom. The van der Waals surface area contributed by atoms with Gasteiger partial charge < -0.3 is 9.84 Å². The van der Waals surface area contributed by atoms with Gasteiger partial charge in [-0.15, -0.1) is 11.3 Å². The lowest BCUT2D eigenvalue weighted by atomic mass is 9.86. The molecule has 0 radical (unpaired) electrons. The van der Waals surface area contributed by atoms with E-state index in [1.54, 1.807) is 53.9 Å². The molecule has 1 aromatic heterocycles. The van der Waals surface area contributed by atoms with Gasteiger partial charge in [0, 0.05) is 21.5 Å². The normalized spacial score (nSPS) is 22.9. The van der Waals surface area contributed by atoms with E-state index in [1.807, 2.05) is 0 Å². The van der Waals surface area contributed by atoms with Gasteiger partial charge in [0.15, 0.2) is 0 Å². The highest BCUT2D eigenvalue weighted by Crippen LogP contribution is 2.50. The van der Waals surface area contributed by atoms with Crippen LogP contribution in [0.25, 0.3) is 11.3 Å². The number of anilines is 1. The number of hydrogen-bond donors (Lipinski definition) is 1. The Morgan fingerprint density at radius 3 is 2.63 bits per heavy atom. The number of alkyl halides is 3. The van der Waals surface area contributed by atoms with Crippen LogP contribution >= 0.6 is 22.9 Å². The molecule has 3 heterocycles. The fraction of sp³-hybridized carbons (Fsp3) is 0.200. The molecule has 0 unspecified atom stereocenters. The smallest absolute Gasteiger partial charge is 0.439 e. The molecule has 154 valence electrons. The molecule has 0 fully saturated rings. The first kappa shape index (κ1) is 19.3. The summed E-state index contributed by atoms with van der Waals surface area (Å²) in [5.74, 6) is -0.977. The van der Waals surface area contributed by atoms with E-state index in [4.69, 9.17) is 16.3 Å². The molecule has 0 spiro atoms. The zero-order chi connectivity index (χ0) is 21.1. The fourth-order valence-electron chi connectivity index (χ4n) is 3.63. The van der Waals surface area contributed by atoms with Gasteiger partial charge in [0.1, 0.15) is 12.4 Å². The summed E-state index contributed by atoms with van der Waals surface area (Å²) < 4.78 is 47.9. The molecule has 0 saturated heterocycles. The Labute approximate surface area is 178 Å². The number of benzene rings is 2. The molecule has 0 aliphatic carbocycles. The van der Waals surface area contributed by atoms with Crippen LogP contribution in [0.5, 0.6) is 5.75 Å². The van der Waals surface area contributed by atoms with Crippen LogP contribution in [0.2, 0.25) is 5.02 Å². The highest BCUT2D eigenvalue weighted by molar-refractivity contribution is 7.14. The third kappa shape index (κ3) is 2.80. The van der Waals surface area contributed by atoms with Gasteiger partial charge in [0.2, 0.25) is 5.13 Å². The van der Waals surface area contributed by atoms with Crippen molar-refractivity contribution >= 4 is 33.8 Å². The predicted octanol–water partition coefficient (Wildman–Crippen LogP) is 4.95. The van der Waals surface area contributed by atoms with Gasteiger partial charge in [-0.2, -0.15) is 23.3 Å². The van der Waals surface area contributed by atoms with E-state index >= 15 is 0 Å². The molecule has 5 rings (SSSR count). The second kappa shape index (κ2) is 6.69. The summed E-state index contributed by atoms with van der Waals surface area (Å²) in [6, 6.07) is 13.5. The van der Waals surface area contributed by atoms with E-state index in [0.29, 0.717) is 32.6 Å². The summed E-state index contributed by atoms with van der Waals surface area (Å²) in [5, 5.41) is 17.8. The van der Waals surface area contributed by atoms with Gasteiger partial charge >= 0.3 is 6.18 Å². The number of hydrazone groups is 1. The van der Waals surface area contributed by atoms with Crippen LogP contribution in [0.4, 0.5) is 18.3 Å². The largest absolute Gasteiger partial charge is 0.492 e. The van der Waals surface area contributed by atoms with Gasteiger partial charge in [0.05, 0.1) is 17.3 Å². The number of nitrogens with zero attached hydrogens (tertiary/aromatic N) is 3. The van der Waals surface area contributed by atoms with Crippen LogP contribution in [0.3, 0.4) is 0 Å². The van der Waals surface area contributed by atoms with E-state index in [-0.39, 0.29) is 17.5 Å². The van der Waals surface area contributed by atoms with Crippen molar-refractivity contribution in [2.24, 2.45) is 11.0 Å². The van der Waals surface area contributed by atoms with E-state index < -0.39 is 17.8 Å². The first-order valence-electron chi connectivity index (χ1n) is 8.90. The number of rotatable bonds is 2. The third-order valence-corrected chi connectivity index (χ3v) is 6.21. The highest BCUT2D eigenvalue weighted by atomic mass is 35.5. The van der Waals surface area contributed by atoms with E-state index in [2.05, 4.69) is 10.1 Å². The summed E-state index contributed by atoms with van der Waals surface area (Å²) >= 11 is 6.86. The number of para-hydroxylation sites is 1. The number of thiazole rings is 1. The first-order valence-corrected chi connectivity index (χ1v) is 10.2. The summed E-state index contributed by atoms with van der Waals surface area (Å²) in [4.78, 5) is 4.31. The maximum atomic E-state index is 14.1.